The summed E-state index contributed by atoms with van der Waals surface area (Å²) in [5, 5.41) is 72.5. The van der Waals surface area contributed by atoms with E-state index < -0.39 is 92.7 Å². The standard InChI is InChI=1S/C68H122O15/c1-3-5-7-9-11-13-15-17-19-21-23-25-27-29-30-32-34-36-38-40-42-44-46-48-50-59(70)78-53-56(54-79-67-66(77)64(75)62(73)58(83-67)55-80-68-65(76)63(74)61(72)57(52-69)82-68)81-60(71)51-49-47-45-43-41-39-37-35-33-31-28-26-24-22-20-18-16-14-12-10-8-6-4-2/h6,8,12,14,18,20,24,26,56-58,61-69,72-77H,3-5,7,9-11,13,15-17,19,21-23,25,27-55H2,1-2H3/b8-6-,14-12-,20-18-,26-24-. The Morgan fingerprint density at radius 1 is 0.398 bits per heavy atom. The summed E-state index contributed by atoms with van der Waals surface area (Å²) in [6.07, 6.45) is 48.5. The molecule has 7 N–H and O–H groups in total. The Hall–Kier alpha value is -2.54. The molecule has 2 rings (SSSR count). The summed E-state index contributed by atoms with van der Waals surface area (Å²) in [4.78, 5) is 26.0. The van der Waals surface area contributed by atoms with Crippen molar-refractivity contribution in [2.75, 3.05) is 26.4 Å². The van der Waals surface area contributed by atoms with Crippen LogP contribution in [0.1, 0.15) is 277 Å². The molecular weight excluding hydrogens is 1060 g/mol. The van der Waals surface area contributed by atoms with Gasteiger partial charge >= 0.3 is 11.9 Å². The van der Waals surface area contributed by atoms with Gasteiger partial charge in [0.25, 0.3) is 0 Å². The third-order valence-corrected chi connectivity index (χ3v) is 16.1. The molecule has 2 aliphatic rings. The zero-order chi connectivity index (χ0) is 60.2. The zero-order valence-electron chi connectivity index (χ0n) is 52.2. The Labute approximate surface area is 503 Å². The summed E-state index contributed by atoms with van der Waals surface area (Å²) in [7, 11) is 0. The highest BCUT2D eigenvalue weighted by Gasteiger charge is 2.47. The molecule has 0 aromatic carbocycles. The van der Waals surface area contributed by atoms with Gasteiger partial charge in [-0.1, -0.05) is 262 Å². The number of hydrogen-bond donors (Lipinski definition) is 7. The van der Waals surface area contributed by atoms with Gasteiger partial charge in [0.1, 0.15) is 55.4 Å². The summed E-state index contributed by atoms with van der Waals surface area (Å²) in [6.45, 7) is 2.54. The molecule has 0 aromatic rings. The molecule has 0 aromatic heterocycles. The zero-order valence-corrected chi connectivity index (χ0v) is 52.2. The Morgan fingerprint density at radius 2 is 0.759 bits per heavy atom. The van der Waals surface area contributed by atoms with Gasteiger partial charge in [-0.25, -0.2) is 0 Å². The number of hydrogen-bond acceptors (Lipinski definition) is 15. The quantitative estimate of drug-likeness (QED) is 0.0171. The number of aliphatic hydroxyl groups excluding tert-OH is 7. The van der Waals surface area contributed by atoms with Crippen molar-refractivity contribution in [3.8, 4) is 0 Å². The molecule has 15 heteroatoms. The average Bonchev–Trinajstić information content (AvgIpc) is 3.66. The minimum Gasteiger partial charge on any atom is -0.462 e. The van der Waals surface area contributed by atoms with Crippen LogP contribution in [0.4, 0.5) is 0 Å². The second-order valence-corrected chi connectivity index (χ2v) is 23.6. The lowest BCUT2D eigenvalue weighted by molar-refractivity contribution is -0.332. The maximum atomic E-state index is 13.1. The van der Waals surface area contributed by atoms with Crippen molar-refractivity contribution in [2.45, 2.75) is 345 Å². The number of ether oxygens (including phenoxy) is 6. The minimum absolute atomic E-state index is 0.161. The van der Waals surface area contributed by atoms with Gasteiger partial charge in [-0.2, -0.15) is 0 Å². The molecule has 11 atom stereocenters. The second-order valence-electron chi connectivity index (χ2n) is 23.6. The Morgan fingerprint density at radius 3 is 1.19 bits per heavy atom. The van der Waals surface area contributed by atoms with Crippen LogP contribution >= 0.6 is 0 Å². The first kappa shape index (κ1) is 76.6. The number of carbonyl (C=O) groups is 2. The highest BCUT2D eigenvalue weighted by molar-refractivity contribution is 5.70. The second kappa shape index (κ2) is 53.7. The molecule has 0 bridgehead atoms. The summed E-state index contributed by atoms with van der Waals surface area (Å²) in [5.41, 5.74) is 0. The molecule has 2 heterocycles. The third kappa shape index (κ3) is 39.8. The maximum absolute atomic E-state index is 13.1. The number of aliphatic hydroxyl groups is 7. The van der Waals surface area contributed by atoms with Crippen LogP contribution in [0.15, 0.2) is 48.6 Å². The molecule has 0 amide bonds. The van der Waals surface area contributed by atoms with Crippen LogP contribution in [0.3, 0.4) is 0 Å². The van der Waals surface area contributed by atoms with E-state index in [1.807, 2.05) is 0 Å². The number of allylic oxidation sites excluding steroid dienone is 8. The van der Waals surface area contributed by atoms with Crippen LogP contribution in [0.2, 0.25) is 0 Å². The van der Waals surface area contributed by atoms with Gasteiger partial charge in [-0.15, -0.1) is 0 Å². The molecule has 0 spiro atoms. The van der Waals surface area contributed by atoms with E-state index in [0.717, 1.165) is 77.0 Å². The largest absolute Gasteiger partial charge is 0.462 e. The highest BCUT2D eigenvalue weighted by Crippen LogP contribution is 2.27. The predicted octanol–water partition coefficient (Wildman–Crippen LogP) is 13.3. The topological polar surface area (TPSA) is 231 Å². The van der Waals surface area contributed by atoms with E-state index >= 15 is 0 Å². The molecule has 15 nitrogen and oxygen atoms in total. The normalized spacial score (nSPS) is 23.6. The van der Waals surface area contributed by atoms with E-state index in [4.69, 9.17) is 28.4 Å². The Kier molecular flexibility index (Phi) is 49.5. The van der Waals surface area contributed by atoms with Crippen LogP contribution < -0.4 is 0 Å². The first-order valence-corrected chi connectivity index (χ1v) is 33.7. The molecule has 83 heavy (non-hydrogen) atoms. The lowest BCUT2D eigenvalue weighted by Gasteiger charge is -2.42. The summed E-state index contributed by atoms with van der Waals surface area (Å²) in [5.74, 6) is -0.916. The SMILES string of the molecule is CC/C=C\C/C=C\C/C=C\C/C=C\CCCCCCCCCCCCC(=O)OC(COC(=O)CCCCCCCCCCCCCCCCCCCCCCCCCC)COC1OC(COC2OC(CO)C(O)C(O)C2O)C(O)C(O)C1O. The fourth-order valence-electron chi connectivity index (χ4n) is 10.7. The third-order valence-electron chi connectivity index (χ3n) is 16.1. The van der Waals surface area contributed by atoms with Crippen LogP contribution in [-0.2, 0) is 38.0 Å². The number of carbonyl (C=O) groups excluding carboxylic acids is 2. The van der Waals surface area contributed by atoms with E-state index in [0.29, 0.717) is 12.8 Å². The minimum atomic E-state index is -1.77. The number of esters is 2. The first-order chi connectivity index (χ1) is 40.5. The van der Waals surface area contributed by atoms with E-state index in [9.17, 15) is 45.3 Å². The van der Waals surface area contributed by atoms with Crippen molar-refractivity contribution < 1.29 is 73.8 Å². The smallest absolute Gasteiger partial charge is 0.306 e. The van der Waals surface area contributed by atoms with Gasteiger partial charge in [0.05, 0.1) is 19.8 Å². The van der Waals surface area contributed by atoms with Gasteiger partial charge in [0.2, 0.25) is 0 Å². The van der Waals surface area contributed by atoms with Gasteiger partial charge < -0.3 is 64.2 Å². The lowest BCUT2D eigenvalue weighted by Crippen LogP contribution is -2.61. The average molecular weight is 1180 g/mol. The Bertz CT molecular complexity index is 1620. The fraction of sp³-hybridized carbons (Fsp3) is 0.853. The Balaban J connectivity index is 1.68. The van der Waals surface area contributed by atoms with E-state index in [1.54, 1.807) is 0 Å². The van der Waals surface area contributed by atoms with Crippen molar-refractivity contribution in [3.05, 3.63) is 48.6 Å². The monoisotopic (exact) mass is 1180 g/mol. The molecular formula is C68H122O15. The molecule has 2 fully saturated rings. The molecule has 11 unspecified atom stereocenters. The van der Waals surface area contributed by atoms with Gasteiger partial charge in [-0.3, -0.25) is 9.59 Å². The fourth-order valence-corrected chi connectivity index (χ4v) is 10.7. The van der Waals surface area contributed by atoms with Crippen molar-refractivity contribution in [3.63, 3.8) is 0 Å². The molecule has 0 saturated carbocycles. The van der Waals surface area contributed by atoms with Crippen molar-refractivity contribution in [2.24, 2.45) is 0 Å². The van der Waals surface area contributed by atoms with Crippen molar-refractivity contribution in [1.29, 1.82) is 0 Å². The van der Waals surface area contributed by atoms with Crippen molar-refractivity contribution in [1.82, 2.24) is 0 Å². The van der Waals surface area contributed by atoms with Crippen LogP contribution in [0.25, 0.3) is 0 Å². The summed E-state index contributed by atoms with van der Waals surface area (Å²) >= 11 is 0. The predicted molar refractivity (Wildman–Crippen MR) is 330 cm³/mol. The van der Waals surface area contributed by atoms with E-state index in [2.05, 4.69) is 62.5 Å². The highest BCUT2D eigenvalue weighted by atomic mass is 16.7. The maximum Gasteiger partial charge on any atom is 0.306 e. The summed E-state index contributed by atoms with van der Waals surface area (Å²) in [6, 6.07) is 0. The molecule has 0 radical (unpaired) electrons. The number of rotatable bonds is 55. The molecule has 0 aliphatic carbocycles. The molecule has 484 valence electrons. The molecule has 2 aliphatic heterocycles. The number of unbranched alkanes of at least 4 members (excludes halogenated alkanes) is 33. The van der Waals surface area contributed by atoms with Crippen LogP contribution in [0.5, 0.6) is 0 Å². The van der Waals surface area contributed by atoms with Gasteiger partial charge in [-0.05, 0) is 51.4 Å². The van der Waals surface area contributed by atoms with Crippen LogP contribution in [-0.4, -0.2) is 142 Å². The van der Waals surface area contributed by atoms with E-state index in [1.165, 1.54) is 161 Å². The first-order valence-electron chi connectivity index (χ1n) is 33.7. The molecule has 2 saturated heterocycles. The van der Waals surface area contributed by atoms with E-state index in [-0.39, 0.29) is 26.1 Å². The van der Waals surface area contributed by atoms with Gasteiger partial charge in [0.15, 0.2) is 18.7 Å². The van der Waals surface area contributed by atoms with Crippen molar-refractivity contribution >= 4 is 11.9 Å². The summed E-state index contributed by atoms with van der Waals surface area (Å²) < 4.78 is 33.8. The van der Waals surface area contributed by atoms with Crippen LogP contribution in [0, 0.1) is 0 Å². The van der Waals surface area contributed by atoms with Gasteiger partial charge in [0, 0.05) is 12.8 Å². The lowest BCUT2D eigenvalue weighted by atomic mass is 9.98.